The molecular formula is C26H35N3O3. The zero-order valence-electron chi connectivity index (χ0n) is 19.1. The number of carbonyl (C=O) groups excluding carboxylic acids is 2. The molecule has 2 amide bonds. The highest BCUT2D eigenvalue weighted by molar-refractivity contribution is 5.96. The fraction of sp³-hybridized carbons (Fsp3) is 0.462. The highest BCUT2D eigenvalue weighted by atomic mass is 16.5. The SMILES string of the molecule is CCCCCCCOc1cccc(NCC(=O)Nc2ccc(C(=O)N3CCCC3)cc2)c1. The molecule has 1 aliphatic rings. The van der Waals surface area contributed by atoms with E-state index in [4.69, 9.17) is 4.74 Å². The molecule has 0 aromatic heterocycles. The lowest BCUT2D eigenvalue weighted by molar-refractivity contribution is -0.114. The maximum atomic E-state index is 12.4. The number of unbranched alkanes of at least 4 members (excludes halogenated alkanes) is 4. The van der Waals surface area contributed by atoms with Crippen LogP contribution in [-0.2, 0) is 4.79 Å². The zero-order chi connectivity index (χ0) is 22.6. The van der Waals surface area contributed by atoms with Crippen LogP contribution in [0.5, 0.6) is 5.75 Å². The molecule has 0 radical (unpaired) electrons. The molecule has 6 nitrogen and oxygen atoms in total. The molecule has 3 rings (SSSR count). The number of hydrogen-bond acceptors (Lipinski definition) is 4. The van der Waals surface area contributed by atoms with Crippen molar-refractivity contribution in [3.05, 3.63) is 54.1 Å². The molecule has 2 aromatic rings. The van der Waals surface area contributed by atoms with Gasteiger partial charge in [0.05, 0.1) is 13.2 Å². The van der Waals surface area contributed by atoms with Crippen LogP contribution in [0.3, 0.4) is 0 Å². The average molecular weight is 438 g/mol. The molecule has 0 atom stereocenters. The van der Waals surface area contributed by atoms with E-state index in [-0.39, 0.29) is 18.4 Å². The predicted molar refractivity (Wildman–Crippen MR) is 129 cm³/mol. The largest absolute Gasteiger partial charge is 0.494 e. The van der Waals surface area contributed by atoms with Crippen molar-refractivity contribution in [1.82, 2.24) is 4.90 Å². The molecular weight excluding hydrogens is 402 g/mol. The normalized spacial score (nSPS) is 13.1. The fourth-order valence-electron chi connectivity index (χ4n) is 3.78. The van der Waals surface area contributed by atoms with Gasteiger partial charge in [-0.25, -0.2) is 0 Å². The van der Waals surface area contributed by atoms with Crippen molar-refractivity contribution in [2.75, 3.05) is 36.9 Å². The molecule has 1 aliphatic heterocycles. The summed E-state index contributed by atoms with van der Waals surface area (Å²) in [5, 5.41) is 6.00. The number of hydrogen-bond donors (Lipinski definition) is 2. The van der Waals surface area contributed by atoms with Gasteiger partial charge in [-0.1, -0.05) is 38.7 Å². The summed E-state index contributed by atoms with van der Waals surface area (Å²) in [6, 6.07) is 14.8. The minimum absolute atomic E-state index is 0.0603. The lowest BCUT2D eigenvalue weighted by atomic mass is 10.2. The standard InChI is InChI=1S/C26H35N3O3/c1-2-3-4-5-8-18-32-24-11-9-10-23(19-24)27-20-25(30)28-22-14-12-21(13-15-22)26(31)29-16-6-7-17-29/h9-15,19,27H,2-8,16-18,20H2,1H3,(H,28,30). The molecule has 0 saturated carbocycles. The Morgan fingerprint density at radius 3 is 2.44 bits per heavy atom. The van der Waals surface area contributed by atoms with E-state index in [0.717, 1.165) is 43.8 Å². The van der Waals surface area contributed by atoms with Crippen LogP contribution in [0.4, 0.5) is 11.4 Å². The first-order chi connectivity index (χ1) is 15.7. The van der Waals surface area contributed by atoms with Gasteiger partial charge in [-0.15, -0.1) is 0 Å². The molecule has 0 spiro atoms. The first kappa shape index (κ1) is 23.6. The van der Waals surface area contributed by atoms with Crippen LogP contribution < -0.4 is 15.4 Å². The summed E-state index contributed by atoms with van der Waals surface area (Å²) in [7, 11) is 0. The van der Waals surface area contributed by atoms with Gasteiger partial charge in [0, 0.05) is 36.1 Å². The van der Waals surface area contributed by atoms with Crippen LogP contribution >= 0.6 is 0 Å². The maximum absolute atomic E-state index is 12.4. The maximum Gasteiger partial charge on any atom is 0.253 e. The summed E-state index contributed by atoms with van der Waals surface area (Å²) in [6.45, 7) is 4.73. The Bertz CT molecular complexity index is 861. The van der Waals surface area contributed by atoms with Gasteiger partial charge in [-0.2, -0.15) is 0 Å². The molecule has 1 saturated heterocycles. The van der Waals surface area contributed by atoms with Gasteiger partial charge < -0.3 is 20.3 Å². The third-order valence-electron chi connectivity index (χ3n) is 5.61. The molecule has 0 aliphatic carbocycles. The Balaban J connectivity index is 1.40. The second-order valence-corrected chi connectivity index (χ2v) is 8.27. The minimum Gasteiger partial charge on any atom is -0.494 e. The smallest absolute Gasteiger partial charge is 0.253 e. The topological polar surface area (TPSA) is 70.7 Å². The predicted octanol–water partition coefficient (Wildman–Crippen LogP) is 5.32. The third kappa shape index (κ3) is 7.59. The molecule has 1 fully saturated rings. The molecule has 2 N–H and O–H groups in total. The van der Waals surface area contributed by atoms with Crippen LogP contribution in [0, 0.1) is 0 Å². The number of nitrogens with zero attached hydrogens (tertiary/aromatic N) is 1. The quantitative estimate of drug-likeness (QED) is 0.441. The van der Waals surface area contributed by atoms with E-state index in [1.165, 1.54) is 25.7 Å². The average Bonchev–Trinajstić information content (AvgIpc) is 3.35. The van der Waals surface area contributed by atoms with E-state index in [1.54, 1.807) is 24.3 Å². The number of anilines is 2. The molecule has 172 valence electrons. The van der Waals surface area contributed by atoms with Gasteiger partial charge in [-0.05, 0) is 55.7 Å². The van der Waals surface area contributed by atoms with Crippen molar-refractivity contribution in [3.8, 4) is 5.75 Å². The Morgan fingerprint density at radius 1 is 0.938 bits per heavy atom. The second-order valence-electron chi connectivity index (χ2n) is 8.27. The first-order valence-electron chi connectivity index (χ1n) is 11.8. The molecule has 0 bridgehead atoms. The van der Waals surface area contributed by atoms with Crippen molar-refractivity contribution < 1.29 is 14.3 Å². The van der Waals surface area contributed by atoms with Crippen LogP contribution in [0.1, 0.15) is 62.2 Å². The van der Waals surface area contributed by atoms with Crippen molar-refractivity contribution >= 4 is 23.2 Å². The number of nitrogens with one attached hydrogen (secondary N) is 2. The first-order valence-corrected chi connectivity index (χ1v) is 11.8. The fourth-order valence-corrected chi connectivity index (χ4v) is 3.78. The van der Waals surface area contributed by atoms with Gasteiger partial charge in [0.25, 0.3) is 5.91 Å². The van der Waals surface area contributed by atoms with E-state index in [9.17, 15) is 9.59 Å². The summed E-state index contributed by atoms with van der Waals surface area (Å²) in [6.07, 6.45) is 8.17. The summed E-state index contributed by atoms with van der Waals surface area (Å²) >= 11 is 0. The number of likely N-dealkylation sites (tertiary alicyclic amines) is 1. The van der Waals surface area contributed by atoms with E-state index in [2.05, 4.69) is 17.6 Å². The Hall–Kier alpha value is -3.02. The van der Waals surface area contributed by atoms with E-state index in [1.807, 2.05) is 29.2 Å². The number of amides is 2. The van der Waals surface area contributed by atoms with E-state index >= 15 is 0 Å². The van der Waals surface area contributed by atoms with Crippen LogP contribution in [0.25, 0.3) is 0 Å². The van der Waals surface area contributed by atoms with Crippen molar-refractivity contribution in [2.24, 2.45) is 0 Å². The molecule has 6 heteroatoms. The highest BCUT2D eigenvalue weighted by Crippen LogP contribution is 2.18. The van der Waals surface area contributed by atoms with Gasteiger partial charge in [0.2, 0.25) is 5.91 Å². The van der Waals surface area contributed by atoms with Crippen molar-refractivity contribution in [1.29, 1.82) is 0 Å². The van der Waals surface area contributed by atoms with Gasteiger partial charge in [0.15, 0.2) is 0 Å². The lowest BCUT2D eigenvalue weighted by Gasteiger charge is -2.15. The minimum atomic E-state index is -0.147. The van der Waals surface area contributed by atoms with Crippen molar-refractivity contribution in [2.45, 2.75) is 51.9 Å². The molecule has 1 heterocycles. The van der Waals surface area contributed by atoms with Gasteiger partial charge >= 0.3 is 0 Å². The highest BCUT2D eigenvalue weighted by Gasteiger charge is 2.19. The number of carbonyl (C=O) groups is 2. The summed E-state index contributed by atoms with van der Waals surface area (Å²) in [5.74, 6) is 0.722. The number of ether oxygens (including phenoxy) is 1. The molecule has 32 heavy (non-hydrogen) atoms. The van der Waals surface area contributed by atoms with Crippen LogP contribution in [-0.4, -0.2) is 43.0 Å². The van der Waals surface area contributed by atoms with E-state index < -0.39 is 0 Å². The zero-order valence-corrected chi connectivity index (χ0v) is 19.1. The van der Waals surface area contributed by atoms with Crippen LogP contribution in [0.15, 0.2) is 48.5 Å². The van der Waals surface area contributed by atoms with E-state index in [0.29, 0.717) is 17.9 Å². The Labute approximate surface area is 191 Å². The Kier molecular flexibility index (Phi) is 9.41. The summed E-state index contributed by atoms with van der Waals surface area (Å²) < 4.78 is 5.83. The lowest BCUT2D eigenvalue weighted by Crippen LogP contribution is -2.27. The summed E-state index contributed by atoms with van der Waals surface area (Å²) in [4.78, 5) is 26.6. The number of benzene rings is 2. The second kappa shape index (κ2) is 12.7. The van der Waals surface area contributed by atoms with Gasteiger partial charge in [-0.3, -0.25) is 9.59 Å². The van der Waals surface area contributed by atoms with Crippen molar-refractivity contribution in [3.63, 3.8) is 0 Å². The monoisotopic (exact) mass is 437 g/mol. The van der Waals surface area contributed by atoms with Gasteiger partial charge in [0.1, 0.15) is 5.75 Å². The summed E-state index contributed by atoms with van der Waals surface area (Å²) in [5.41, 5.74) is 2.18. The molecule has 0 unspecified atom stereocenters. The van der Waals surface area contributed by atoms with Crippen LogP contribution in [0.2, 0.25) is 0 Å². The number of rotatable bonds is 12. The Morgan fingerprint density at radius 2 is 1.69 bits per heavy atom. The molecule has 2 aromatic carbocycles. The third-order valence-corrected chi connectivity index (χ3v) is 5.61.